The molecule has 1 saturated heterocycles. The summed E-state index contributed by atoms with van der Waals surface area (Å²) in [5.74, 6) is -6.31. The van der Waals surface area contributed by atoms with Crippen LogP contribution in [0.5, 0.6) is 5.75 Å². The number of carbonyl (C=O) groups excluding carboxylic acids is 1. The van der Waals surface area contributed by atoms with Crippen molar-refractivity contribution in [1.29, 1.82) is 0 Å². The first-order chi connectivity index (χ1) is 31.9. The van der Waals surface area contributed by atoms with E-state index in [2.05, 4.69) is 48.9 Å². The van der Waals surface area contributed by atoms with Gasteiger partial charge in [0.2, 0.25) is 5.91 Å². The van der Waals surface area contributed by atoms with Crippen LogP contribution in [0.25, 0.3) is 22.3 Å². The highest BCUT2D eigenvalue weighted by atomic mass is 16.5. The number of ether oxygens (including phenoxy) is 1. The molecule has 2 aromatic heterocycles. The molecule has 9 N–H and O–H groups in total. The lowest BCUT2D eigenvalue weighted by Crippen LogP contribution is -2.49. The molecule has 22 nitrogen and oxygen atoms in total. The van der Waals surface area contributed by atoms with E-state index in [1.54, 1.807) is 7.11 Å². The highest BCUT2D eigenvalue weighted by molar-refractivity contribution is 6.00. The van der Waals surface area contributed by atoms with Gasteiger partial charge in [-0.3, -0.25) is 9.69 Å². The van der Waals surface area contributed by atoms with Gasteiger partial charge in [0.15, 0.2) is 5.65 Å². The number of carboxylic acids is 6. The third kappa shape index (κ3) is 16.2. The number of carbonyl (C=O) groups is 7. The predicted octanol–water partition coefficient (Wildman–Crippen LogP) is 3.69. The second kappa shape index (κ2) is 24.9. The molecule has 0 radical (unpaired) electrons. The molecule has 0 spiro atoms. The lowest BCUT2D eigenvalue weighted by atomic mass is 9.90. The number of methoxy groups -OCH3 is 1. The second-order valence-electron chi connectivity index (χ2n) is 15.3. The molecule has 2 aliphatic carbocycles. The fourth-order valence-corrected chi connectivity index (χ4v) is 7.46. The molecule has 356 valence electrons. The molecule has 3 heterocycles. The number of nitrogens with zero attached hydrogens (tertiary/aromatic N) is 6. The maximum Gasteiger partial charge on any atom is 0.328 e. The Balaban J connectivity index is 0.000000336. The monoisotopic (exact) mass is 928 g/mol. The Morgan fingerprint density at radius 2 is 1.21 bits per heavy atom. The number of aromatic nitrogens is 4. The number of nitrogens with one attached hydrogen (secondary N) is 1. The number of benzene rings is 2. The van der Waals surface area contributed by atoms with Crippen molar-refractivity contribution < 1.29 is 68.9 Å². The molecule has 1 aliphatic heterocycles. The molecule has 2 atom stereocenters. The maximum atomic E-state index is 13.1. The largest absolute Gasteiger partial charge is 0.495 e. The van der Waals surface area contributed by atoms with E-state index in [0.717, 1.165) is 80.6 Å². The zero-order chi connectivity index (χ0) is 49.2. The number of rotatable bonds is 13. The summed E-state index contributed by atoms with van der Waals surface area (Å²) in [6.07, 6.45) is 10.1. The van der Waals surface area contributed by atoms with Crippen molar-refractivity contribution >= 4 is 64.3 Å². The topological polar surface area (TPSA) is 338 Å². The number of carboxylic acid groups (broad SMARTS) is 6. The van der Waals surface area contributed by atoms with E-state index in [1.165, 1.54) is 11.9 Å². The van der Waals surface area contributed by atoms with Gasteiger partial charge in [0.25, 0.3) is 0 Å². The fraction of sp³-hybridized carbons (Fsp3) is 0.333. The average Bonchev–Trinajstić information content (AvgIpc) is 4.02. The Morgan fingerprint density at radius 3 is 1.70 bits per heavy atom. The normalized spacial score (nSPS) is 19.2. The van der Waals surface area contributed by atoms with Crippen LogP contribution >= 0.6 is 0 Å². The molecular formula is C45H52N8O14. The van der Waals surface area contributed by atoms with E-state index in [0.29, 0.717) is 59.8 Å². The fourth-order valence-electron chi connectivity index (χ4n) is 7.46. The lowest BCUT2D eigenvalue weighted by molar-refractivity contribution is -0.134. The Morgan fingerprint density at radius 1 is 0.701 bits per heavy atom. The SMILES string of the molecule is COc1cc(-c2nn(C3CCC(N4CCN(C)CC4)CC3)c3ncnc(N)c23)ccc1NC(=O)[C@H]1C[C@@H]1c1ccccc1.O=C(O)/C=C\C(=O)O.O=C(O)/C=C\C(=O)O.O=C(O)/C=C\C(=O)O. The summed E-state index contributed by atoms with van der Waals surface area (Å²) in [6, 6.07) is 16.9. The number of likely N-dealkylation sites (N-methyl/N-ethyl adjacent to an activating group) is 1. The van der Waals surface area contributed by atoms with Gasteiger partial charge in [0, 0.05) is 80.2 Å². The van der Waals surface area contributed by atoms with Gasteiger partial charge >= 0.3 is 35.8 Å². The van der Waals surface area contributed by atoms with Crippen LogP contribution in [-0.2, 0) is 33.6 Å². The minimum atomic E-state index is -1.26. The number of anilines is 2. The minimum absolute atomic E-state index is 0.0134. The van der Waals surface area contributed by atoms with Crippen LogP contribution in [0.3, 0.4) is 0 Å². The van der Waals surface area contributed by atoms with E-state index in [9.17, 15) is 33.6 Å². The molecule has 7 rings (SSSR count). The highest BCUT2D eigenvalue weighted by Crippen LogP contribution is 2.48. The smallest absolute Gasteiger partial charge is 0.328 e. The number of aliphatic carboxylic acids is 6. The first-order valence-electron chi connectivity index (χ1n) is 20.8. The zero-order valence-corrected chi connectivity index (χ0v) is 36.5. The van der Waals surface area contributed by atoms with Crippen molar-refractivity contribution in [3.05, 3.63) is 96.9 Å². The van der Waals surface area contributed by atoms with Crippen LogP contribution in [0.2, 0.25) is 0 Å². The molecule has 67 heavy (non-hydrogen) atoms. The number of hydrogen-bond donors (Lipinski definition) is 8. The van der Waals surface area contributed by atoms with Crippen LogP contribution in [-0.4, -0.2) is 148 Å². The number of nitrogen functional groups attached to an aromatic ring is 1. The number of nitrogens with two attached hydrogens (primary N) is 1. The number of amides is 1. The Hall–Kier alpha value is -7.98. The van der Waals surface area contributed by atoms with Crippen LogP contribution in [0.1, 0.15) is 49.6 Å². The summed E-state index contributed by atoms with van der Waals surface area (Å²) >= 11 is 0. The van der Waals surface area contributed by atoms with Crippen molar-refractivity contribution in [3.63, 3.8) is 0 Å². The number of fused-ring (bicyclic) bond motifs is 1. The summed E-state index contributed by atoms with van der Waals surface area (Å²) in [4.78, 5) is 84.4. The Kier molecular flexibility index (Phi) is 19.2. The summed E-state index contributed by atoms with van der Waals surface area (Å²) in [5.41, 5.74) is 10.6. The lowest BCUT2D eigenvalue weighted by Gasteiger charge is -2.41. The van der Waals surface area contributed by atoms with Gasteiger partial charge in [-0.05, 0) is 62.8 Å². The quantitative estimate of drug-likeness (QED) is 0.0886. The Bertz CT molecular complexity index is 2360. The van der Waals surface area contributed by atoms with Gasteiger partial charge in [-0.1, -0.05) is 36.4 Å². The zero-order valence-electron chi connectivity index (χ0n) is 36.5. The summed E-state index contributed by atoms with van der Waals surface area (Å²) in [7, 11) is 3.82. The van der Waals surface area contributed by atoms with Gasteiger partial charge in [-0.25, -0.2) is 43.4 Å². The van der Waals surface area contributed by atoms with E-state index >= 15 is 0 Å². The first kappa shape index (κ1) is 51.7. The molecule has 2 saturated carbocycles. The van der Waals surface area contributed by atoms with Gasteiger partial charge in [0.1, 0.15) is 23.6 Å². The third-order valence-corrected chi connectivity index (χ3v) is 10.8. The van der Waals surface area contributed by atoms with E-state index in [1.807, 2.05) is 36.4 Å². The maximum absolute atomic E-state index is 13.1. The average molecular weight is 929 g/mol. The van der Waals surface area contributed by atoms with Crippen LogP contribution in [0.15, 0.2) is 91.3 Å². The van der Waals surface area contributed by atoms with Crippen molar-refractivity contribution in [2.45, 2.75) is 50.1 Å². The molecule has 1 amide bonds. The number of piperazine rings is 1. The highest BCUT2D eigenvalue weighted by Gasteiger charge is 2.44. The first-order valence-corrected chi connectivity index (χ1v) is 20.8. The standard InChI is InChI=1S/C33H40N8O2.3C4H4O4/c1-39-14-16-40(17-15-39)23-9-11-24(12-10-23)41-32-29(31(34)35-20-36-32)30(38-41)22-8-13-27(28(18-22)43-2)37-33(42)26-19-25(26)21-6-4-3-5-7-21;3*5-3(6)1-2-4(7)8/h3-8,13,18,20,23-26H,9-12,14-17,19H2,1-2H3,(H,37,42)(H2,34,35,36);3*1-2H,(H,5,6)(H,7,8)/b;3*2-1-/t23?,24?,25-,26+;;;/m1.../s1. The van der Waals surface area contributed by atoms with E-state index < -0.39 is 35.8 Å². The summed E-state index contributed by atoms with van der Waals surface area (Å²) < 4.78 is 7.81. The van der Waals surface area contributed by atoms with Crippen LogP contribution < -0.4 is 15.8 Å². The van der Waals surface area contributed by atoms with Crippen molar-refractivity contribution in [2.75, 3.05) is 51.4 Å². The Labute approximate surface area is 383 Å². The molecule has 3 aliphatic rings. The summed E-state index contributed by atoms with van der Waals surface area (Å²) in [5, 5.41) is 55.8. The molecule has 4 aromatic rings. The van der Waals surface area contributed by atoms with Crippen molar-refractivity contribution in [3.8, 4) is 17.0 Å². The molecule has 0 unspecified atom stereocenters. The van der Waals surface area contributed by atoms with Gasteiger partial charge < -0.3 is 51.3 Å². The van der Waals surface area contributed by atoms with Crippen LogP contribution in [0.4, 0.5) is 11.5 Å². The molecule has 2 aromatic carbocycles. The number of hydrogen-bond acceptors (Lipinski definition) is 14. The van der Waals surface area contributed by atoms with Gasteiger partial charge in [-0.2, -0.15) is 5.10 Å². The third-order valence-electron chi connectivity index (χ3n) is 10.8. The second-order valence-corrected chi connectivity index (χ2v) is 15.3. The predicted molar refractivity (Wildman–Crippen MR) is 241 cm³/mol. The van der Waals surface area contributed by atoms with Crippen molar-refractivity contribution in [1.82, 2.24) is 29.5 Å². The molecule has 0 bridgehead atoms. The van der Waals surface area contributed by atoms with Gasteiger partial charge in [0.05, 0.1) is 24.2 Å². The minimum Gasteiger partial charge on any atom is -0.495 e. The molecular weight excluding hydrogens is 877 g/mol. The summed E-state index contributed by atoms with van der Waals surface area (Å²) in [6.45, 7) is 4.59. The van der Waals surface area contributed by atoms with E-state index in [4.69, 9.17) is 46.2 Å². The van der Waals surface area contributed by atoms with Gasteiger partial charge in [-0.15, -0.1) is 0 Å². The van der Waals surface area contributed by atoms with Crippen molar-refractivity contribution in [2.24, 2.45) is 5.92 Å². The molecule has 3 fully saturated rings. The molecule has 22 heteroatoms. The van der Waals surface area contributed by atoms with E-state index in [-0.39, 0.29) is 23.8 Å². The van der Waals surface area contributed by atoms with Crippen LogP contribution in [0, 0.1) is 5.92 Å².